The van der Waals surface area contributed by atoms with Crippen LogP contribution in [0.2, 0.25) is 0 Å². The molecule has 0 bridgehead atoms. The summed E-state index contributed by atoms with van der Waals surface area (Å²) in [7, 11) is 0. The molecule has 10 heteroatoms. The van der Waals surface area contributed by atoms with Gasteiger partial charge in [-0.05, 0) is 34.9 Å². The van der Waals surface area contributed by atoms with Gasteiger partial charge in [0.05, 0.1) is 10.9 Å². The summed E-state index contributed by atoms with van der Waals surface area (Å²) < 4.78 is 42.8. The zero-order valence-corrected chi connectivity index (χ0v) is 16.9. The monoisotopic (exact) mass is 448 g/mol. The summed E-state index contributed by atoms with van der Waals surface area (Å²) in [5.74, 6) is -1.93. The number of hydrogen-bond acceptors (Lipinski definition) is 7. The van der Waals surface area contributed by atoms with E-state index in [2.05, 4.69) is 29.6 Å². The van der Waals surface area contributed by atoms with E-state index in [9.17, 15) is 13.2 Å². The molecule has 0 aliphatic heterocycles. The number of fused-ring (bicyclic) bond motifs is 1. The molecule has 3 aromatic heterocycles. The molecule has 0 unspecified atom stereocenters. The molecule has 7 nitrogen and oxygen atoms in total. The molecule has 0 atom stereocenters. The van der Waals surface area contributed by atoms with Crippen molar-refractivity contribution in [2.45, 2.75) is 12.6 Å². The molecule has 2 N–H and O–H groups in total. The first-order valence-corrected chi connectivity index (χ1v) is 9.86. The first-order valence-electron chi connectivity index (χ1n) is 9.86. The van der Waals surface area contributed by atoms with E-state index in [0.29, 0.717) is 17.3 Å². The highest BCUT2D eigenvalue weighted by Crippen LogP contribution is 2.36. The van der Waals surface area contributed by atoms with Gasteiger partial charge in [-0.2, -0.15) is 18.2 Å². The van der Waals surface area contributed by atoms with Crippen LogP contribution in [-0.2, 0) is 12.6 Å². The van der Waals surface area contributed by atoms with E-state index in [1.807, 2.05) is 54.6 Å². The second-order valence-corrected chi connectivity index (χ2v) is 7.21. The van der Waals surface area contributed by atoms with Gasteiger partial charge in [0.25, 0.3) is 0 Å². The maximum absolute atomic E-state index is 12.8. The molecule has 164 valence electrons. The Bertz CT molecular complexity index is 1440. The number of alkyl halides is 3. The number of halogens is 3. The Morgan fingerprint density at radius 2 is 1.64 bits per heavy atom. The van der Waals surface area contributed by atoms with Gasteiger partial charge in [0, 0.05) is 18.3 Å². The largest absolute Gasteiger partial charge is 0.471 e. The van der Waals surface area contributed by atoms with Crippen molar-refractivity contribution >= 4 is 16.7 Å². The van der Waals surface area contributed by atoms with E-state index in [0.717, 1.165) is 22.4 Å². The van der Waals surface area contributed by atoms with Gasteiger partial charge >= 0.3 is 12.1 Å². The minimum Gasteiger partial charge on any atom is -0.383 e. The standard InChI is InChI=1S/C23H15F3N6O/c24-23(25,26)22-31-21(32-33-22)20-29-16-10-9-14(12-15-8-4-5-11-28-15)17(18(16)19(27)30-20)13-6-2-1-3-7-13/h1-11H,12H2,(H2,27,29,30). The summed E-state index contributed by atoms with van der Waals surface area (Å²) in [6, 6.07) is 18.9. The van der Waals surface area contributed by atoms with E-state index < -0.39 is 17.9 Å². The molecule has 0 amide bonds. The van der Waals surface area contributed by atoms with Crippen LogP contribution < -0.4 is 5.73 Å². The van der Waals surface area contributed by atoms with Crippen LogP contribution in [0, 0.1) is 0 Å². The number of benzene rings is 2. The predicted molar refractivity (Wildman–Crippen MR) is 115 cm³/mol. The van der Waals surface area contributed by atoms with Crippen LogP contribution in [0.1, 0.15) is 17.1 Å². The normalized spacial score (nSPS) is 11.7. The van der Waals surface area contributed by atoms with E-state index in [1.54, 1.807) is 12.3 Å². The Labute approximate surface area is 185 Å². The van der Waals surface area contributed by atoms with Gasteiger partial charge in [0.2, 0.25) is 11.6 Å². The molecule has 0 fully saturated rings. The van der Waals surface area contributed by atoms with Crippen molar-refractivity contribution in [2.75, 3.05) is 5.73 Å². The fraction of sp³-hybridized carbons (Fsp3) is 0.0870. The Hall–Kier alpha value is -4.34. The number of pyridine rings is 1. The predicted octanol–water partition coefficient (Wildman–Crippen LogP) is 4.93. The summed E-state index contributed by atoms with van der Waals surface area (Å²) in [4.78, 5) is 16.3. The fourth-order valence-corrected chi connectivity index (χ4v) is 3.61. The van der Waals surface area contributed by atoms with Crippen LogP contribution in [0.15, 0.2) is 71.4 Å². The lowest BCUT2D eigenvalue weighted by Gasteiger charge is -2.15. The minimum absolute atomic E-state index is 0.0927. The summed E-state index contributed by atoms with van der Waals surface area (Å²) >= 11 is 0. The SMILES string of the molecule is Nc1nc(-c2noc(C(F)(F)F)n2)nc2ccc(Cc3ccccn3)c(-c3ccccc3)c12. The molecule has 33 heavy (non-hydrogen) atoms. The zero-order chi connectivity index (χ0) is 23.0. The highest BCUT2D eigenvalue weighted by molar-refractivity contribution is 6.03. The van der Waals surface area contributed by atoms with Gasteiger partial charge in [0.15, 0.2) is 0 Å². The lowest BCUT2D eigenvalue weighted by molar-refractivity contribution is -0.159. The van der Waals surface area contributed by atoms with Gasteiger partial charge in [0.1, 0.15) is 5.82 Å². The second-order valence-electron chi connectivity index (χ2n) is 7.21. The van der Waals surface area contributed by atoms with Gasteiger partial charge in [-0.15, -0.1) is 0 Å². The molecule has 0 radical (unpaired) electrons. The molecule has 3 heterocycles. The first-order chi connectivity index (χ1) is 15.9. The van der Waals surface area contributed by atoms with Crippen molar-refractivity contribution in [1.82, 2.24) is 25.1 Å². The summed E-state index contributed by atoms with van der Waals surface area (Å²) in [6.45, 7) is 0. The molecule has 0 saturated heterocycles. The highest BCUT2D eigenvalue weighted by Gasteiger charge is 2.39. The van der Waals surface area contributed by atoms with Crippen LogP contribution in [0.4, 0.5) is 19.0 Å². The van der Waals surface area contributed by atoms with E-state index in [1.165, 1.54) is 0 Å². The lowest BCUT2D eigenvalue weighted by atomic mass is 9.92. The molecule has 2 aromatic carbocycles. The van der Waals surface area contributed by atoms with Gasteiger partial charge in [-0.25, -0.2) is 9.97 Å². The van der Waals surface area contributed by atoms with Crippen LogP contribution in [0.25, 0.3) is 33.7 Å². The Morgan fingerprint density at radius 1 is 0.848 bits per heavy atom. The van der Waals surface area contributed by atoms with Crippen molar-refractivity contribution in [3.05, 3.63) is 84.0 Å². The van der Waals surface area contributed by atoms with E-state index >= 15 is 0 Å². The maximum atomic E-state index is 12.8. The minimum atomic E-state index is -4.77. The number of hydrogen-bond donors (Lipinski definition) is 1. The van der Waals surface area contributed by atoms with Crippen molar-refractivity contribution in [3.8, 4) is 22.8 Å². The molecule has 5 aromatic rings. The third-order valence-electron chi connectivity index (χ3n) is 5.01. The molecule has 0 spiro atoms. The Morgan fingerprint density at radius 3 is 2.33 bits per heavy atom. The summed E-state index contributed by atoms with van der Waals surface area (Å²) in [5.41, 5.74) is 10.3. The van der Waals surface area contributed by atoms with E-state index in [4.69, 9.17) is 5.73 Å². The number of anilines is 1. The van der Waals surface area contributed by atoms with Crippen molar-refractivity contribution in [2.24, 2.45) is 0 Å². The molecule has 5 rings (SSSR count). The number of nitrogens with two attached hydrogens (primary N) is 1. The smallest absolute Gasteiger partial charge is 0.383 e. The maximum Gasteiger partial charge on any atom is 0.471 e. The molecular formula is C23H15F3N6O. The molecular weight excluding hydrogens is 433 g/mol. The third-order valence-corrected chi connectivity index (χ3v) is 5.01. The Balaban J connectivity index is 1.69. The van der Waals surface area contributed by atoms with Gasteiger partial charge < -0.3 is 10.3 Å². The van der Waals surface area contributed by atoms with Crippen LogP contribution >= 0.6 is 0 Å². The van der Waals surface area contributed by atoms with Crippen molar-refractivity contribution in [3.63, 3.8) is 0 Å². The van der Waals surface area contributed by atoms with Gasteiger partial charge in [-0.3, -0.25) is 4.98 Å². The van der Waals surface area contributed by atoms with Crippen LogP contribution in [0.3, 0.4) is 0 Å². The molecule has 0 aliphatic rings. The average Bonchev–Trinajstić information content (AvgIpc) is 3.32. The highest BCUT2D eigenvalue weighted by atomic mass is 19.4. The van der Waals surface area contributed by atoms with Crippen molar-refractivity contribution < 1.29 is 17.7 Å². The van der Waals surface area contributed by atoms with Crippen LogP contribution in [0.5, 0.6) is 0 Å². The quantitative estimate of drug-likeness (QED) is 0.416. The summed E-state index contributed by atoms with van der Waals surface area (Å²) in [5, 5.41) is 3.94. The number of nitrogens with zero attached hydrogens (tertiary/aromatic N) is 5. The second kappa shape index (κ2) is 7.97. The van der Waals surface area contributed by atoms with Crippen LogP contribution in [-0.4, -0.2) is 25.1 Å². The lowest BCUT2D eigenvalue weighted by Crippen LogP contribution is -2.05. The number of nitrogen functional groups attached to an aromatic ring is 1. The zero-order valence-electron chi connectivity index (χ0n) is 16.9. The number of aromatic nitrogens is 5. The first kappa shape index (κ1) is 20.6. The summed E-state index contributed by atoms with van der Waals surface area (Å²) in [6.07, 6.45) is -2.50. The van der Waals surface area contributed by atoms with E-state index in [-0.39, 0.29) is 11.6 Å². The average molecular weight is 448 g/mol. The fourth-order valence-electron chi connectivity index (χ4n) is 3.61. The topological polar surface area (TPSA) is 104 Å². The number of rotatable bonds is 4. The van der Waals surface area contributed by atoms with Gasteiger partial charge in [-0.1, -0.05) is 47.6 Å². The third kappa shape index (κ3) is 3.98. The molecule has 0 saturated carbocycles. The molecule has 0 aliphatic carbocycles. The van der Waals surface area contributed by atoms with Crippen molar-refractivity contribution in [1.29, 1.82) is 0 Å². The Kier molecular flexibility index (Phi) is 4.97.